The number of hydrogen-bond donors (Lipinski definition) is 3. The van der Waals surface area contributed by atoms with E-state index in [0.29, 0.717) is 6.42 Å². The zero-order chi connectivity index (χ0) is 35.6. The summed E-state index contributed by atoms with van der Waals surface area (Å²) in [5.41, 5.74) is 0. The minimum absolute atomic E-state index is 0.225. The minimum Gasteiger partial charge on any atom is -0.462 e. The summed E-state index contributed by atoms with van der Waals surface area (Å²) in [6.45, 7) is 2.23. The van der Waals surface area contributed by atoms with Gasteiger partial charge in [-0.05, 0) is 19.3 Å². The molecule has 0 saturated heterocycles. The molecule has 282 valence electrons. The second-order valence-corrected chi connectivity index (χ2v) is 14.1. The Morgan fingerprint density at radius 1 is 0.667 bits per heavy atom. The maximum atomic E-state index is 12.4. The van der Waals surface area contributed by atoms with Crippen LogP contribution in [0.2, 0.25) is 0 Å². The van der Waals surface area contributed by atoms with Gasteiger partial charge in [-0.2, -0.15) is 0 Å². The first kappa shape index (κ1) is 46.5. The van der Waals surface area contributed by atoms with Crippen molar-refractivity contribution in [2.75, 3.05) is 26.4 Å². The van der Waals surface area contributed by atoms with Crippen molar-refractivity contribution >= 4 is 19.8 Å². The highest BCUT2D eigenvalue weighted by molar-refractivity contribution is 7.47. The molecule has 0 aromatic heterocycles. The second-order valence-electron chi connectivity index (χ2n) is 12.7. The molecule has 0 saturated carbocycles. The molecule has 0 aliphatic carbocycles. The zero-order valence-electron chi connectivity index (χ0n) is 30.2. The van der Waals surface area contributed by atoms with E-state index in [2.05, 4.69) is 18.4 Å². The van der Waals surface area contributed by atoms with Gasteiger partial charge in [0, 0.05) is 12.5 Å². The van der Waals surface area contributed by atoms with Gasteiger partial charge in [-0.3, -0.25) is 13.8 Å². The maximum Gasteiger partial charge on any atom is 0.472 e. The van der Waals surface area contributed by atoms with Crippen molar-refractivity contribution in [1.29, 1.82) is 0 Å². The first-order valence-corrected chi connectivity index (χ1v) is 20.3. The van der Waals surface area contributed by atoms with Gasteiger partial charge < -0.3 is 24.6 Å². The van der Waals surface area contributed by atoms with E-state index in [1.807, 2.05) is 6.08 Å². The quantitative estimate of drug-likeness (QED) is 0.0192. The third kappa shape index (κ3) is 33.0. The van der Waals surface area contributed by atoms with Gasteiger partial charge in [0.25, 0.3) is 0 Å². The molecule has 0 radical (unpaired) electrons. The van der Waals surface area contributed by atoms with Gasteiger partial charge in [0.15, 0.2) is 6.10 Å². The Labute approximate surface area is 291 Å². The van der Waals surface area contributed by atoms with E-state index in [9.17, 15) is 24.2 Å². The minimum atomic E-state index is -4.63. The Hall–Kier alpha value is -1.55. The van der Waals surface area contributed by atoms with E-state index in [-0.39, 0.29) is 13.0 Å². The van der Waals surface area contributed by atoms with Crippen LogP contribution in [0.25, 0.3) is 0 Å². The Morgan fingerprint density at radius 3 is 1.67 bits per heavy atom. The number of hydrogen-bond acceptors (Lipinski definition) is 9. The Kier molecular flexibility index (Phi) is 32.8. The number of rotatable bonds is 35. The van der Waals surface area contributed by atoms with Gasteiger partial charge in [0.2, 0.25) is 0 Å². The molecule has 0 amide bonds. The first-order chi connectivity index (χ1) is 23.2. The molecule has 0 aromatic carbocycles. The molecule has 0 aromatic rings. The summed E-state index contributed by atoms with van der Waals surface area (Å²) in [6, 6.07) is 0. The monoisotopic (exact) mass is 704 g/mol. The number of ether oxygens (including phenoxy) is 2. The molecule has 0 rings (SSSR count). The molecule has 0 heterocycles. The number of phosphoric ester groups is 1. The van der Waals surface area contributed by atoms with Crippen LogP contribution < -0.4 is 0 Å². The van der Waals surface area contributed by atoms with Crippen LogP contribution in [0.1, 0.15) is 162 Å². The van der Waals surface area contributed by atoms with E-state index in [1.165, 1.54) is 109 Å². The average molecular weight is 705 g/mol. The highest BCUT2D eigenvalue weighted by Crippen LogP contribution is 2.43. The van der Waals surface area contributed by atoms with Crippen molar-refractivity contribution in [3.8, 4) is 0 Å². The molecule has 0 aliphatic heterocycles. The molecular weight excluding hydrogens is 635 g/mol. The highest BCUT2D eigenvalue weighted by Gasteiger charge is 2.26. The fourth-order valence-corrected chi connectivity index (χ4v) is 5.81. The van der Waals surface area contributed by atoms with Crippen molar-refractivity contribution in [3.05, 3.63) is 24.3 Å². The lowest BCUT2D eigenvalue weighted by atomic mass is 10.1. The van der Waals surface area contributed by atoms with E-state index < -0.39 is 51.8 Å². The van der Waals surface area contributed by atoms with Gasteiger partial charge in [-0.15, -0.1) is 0 Å². The molecule has 0 bridgehead atoms. The number of phosphoric acid groups is 1. The SMILES string of the molecule is CCCCCCCCCCCCC/C=C/C=C/C(=O)O[C@H](COC(=O)CCCCCCCCCCCC)COP(=O)(O)OC[C@@H](O)CO. The van der Waals surface area contributed by atoms with Gasteiger partial charge in [-0.1, -0.05) is 154 Å². The summed E-state index contributed by atoms with van der Waals surface area (Å²) >= 11 is 0. The number of aliphatic hydroxyl groups is 2. The van der Waals surface area contributed by atoms with E-state index >= 15 is 0 Å². The number of esters is 2. The van der Waals surface area contributed by atoms with Crippen LogP contribution in [0.5, 0.6) is 0 Å². The van der Waals surface area contributed by atoms with Crippen LogP contribution in [-0.2, 0) is 32.7 Å². The first-order valence-electron chi connectivity index (χ1n) is 18.8. The van der Waals surface area contributed by atoms with Crippen LogP contribution in [0.15, 0.2) is 24.3 Å². The molecule has 10 nitrogen and oxygen atoms in total. The number of carbonyl (C=O) groups excluding carboxylic acids is 2. The molecular formula is C37H69O10P. The van der Waals surface area contributed by atoms with E-state index in [1.54, 1.807) is 12.2 Å². The third-order valence-corrected chi connectivity index (χ3v) is 8.92. The lowest BCUT2D eigenvalue weighted by Gasteiger charge is -2.19. The lowest BCUT2D eigenvalue weighted by Crippen LogP contribution is -2.29. The molecule has 3 atom stereocenters. The van der Waals surface area contributed by atoms with Crippen molar-refractivity contribution in [1.82, 2.24) is 0 Å². The van der Waals surface area contributed by atoms with Crippen molar-refractivity contribution in [2.24, 2.45) is 0 Å². The number of allylic oxidation sites excluding steroid dienone is 3. The van der Waals surface area contributed by atoms with Crippen molar-refractivity contribution in [3.63, 3.8) is 0 Å². The Bertz CT molecular complexity index is 863. The summed E-state index contributed by atoms with van der Waals surface area (Å²) in [5.74, 6) is -1.18. The highest BCUT2D eigenvalue weighted by atomic mass is 31.2. The van der Waals surface area contributed by atoms with Crippen LogP contribution in [0.4, 0.5) is 0 Å². The number of aliphatic hydroxyl groups excluding tert-OH is 2. The predicted molar refractivity (Wildman–Crippen MR) is 191 cm³/mol. The summed E-state index contributed by atoms with van der Waals surface area (Å²) in [7, 11) is -4.63. The van der Waals surface area contributed by atoms with Crippen LogP contribution in [-0.4, -0.2) is 65.7 Å². The lowest BCUT2D eigenvalue weighted by molar-refractivity contribution is -0.157. The smallest absolute Gasteiger partial charge is 0.462 e. The topological polar surface area (TPSA) is 149 Å². The van der Waals surface area contributed by atoms with Gasteiger partial charge in [0.1, 0.15) is 12.7 Å². The second kappa shape index (κ2) is 33.9. The predicted octanol–water partition coefficient (Wildman–Crippen LogP) is 9.05. The molecule has 48 heavy (non-hydrogen) atoms. The summed E-state index contributed by atoms with van der Waals surface area (Å²) in [6.07, 6.45) is 30.7. The van der Waals surface area contributed by atoms with Crippen molar-refractivity contribution < 1.29 is 47.8 Å². The van der Waals surface area contributed by atoms with Crippen LogP contribution in [0, 0.1) is 0 Å². The molecule has 1 unspecified atom stereocenters. The van der Waals surface area contributed by atoms with E-state index in [0.717, 1.165) is 32.1 Å². The largest absolute Gasteiger partial charge is 0.472 e. The molecule has 0 spiro atoms. The fraction of sp³-hybridized carbons (Fsp3) is 0.838. The van der Waals surface area contributed by atoms with Crippen LogP contribution >= 0.6 is 7.82 Å². The Balaban J connectivity index is 4.48. The van der Waals surface area contributed by atoms with E-state index in [4.69, 9.17) is 19.1 Å². The maximum absolute atomic E-state index is 12.4. The van der Waals surface area contributed by atoms with Crippen molar-refractivity contribution in [2.45, 2.75) is 174 Å². The summed E-state index contributed by atoms with van der Waals surface area (Å²) < 4.78 is 32.3. The standard InChI is InChI=1S/C37H69O10P/c1-3-5-7-9-11-13-15-16-17-18-19-21-23-25-27-29-37(41)47-35(33-46-48(42,43)45-31-34(39)30-38)32-44-36(40)28-26-24-22-20-14-12-10-8-6-4-2/h23,25,27,29,34-35,38-39H,3-22,24,26,28,30-33H2,1-2H3,(H,42,43)/b25-23+,29-27+/t34-,35+/m0/s1. The van der Waals surface area contributed by atoms with Gasteiger partial charge in [-0.25, -0.2) is 9.36 Å². The molecule has 0 fully saturated rings. The van der Waals surface area contributed by atoms with Gasteiger partial charge in [0.05, 0.1) is 19.8 Å². The zero-order valence-corrected chi connectivity index (χ0v) is 31.1. The number of unbranched alkanes of at least 4 members (excludes halogenated alkanes) is 20. The molecule has 3 N–H and O–H groups in total. The molecule has 0 aliphatic rings. The Morgan fingerprint density at radius 2 is 1.15 bits per heavy atom. The average Bonchev–Trinajstić information content (AvgIpc) is 3.07. The third-order valence-electron chi connectivity index (χ3n) is 7.97. The summed E-state index contributed by atoms with van der Waals surface area (Å²) in [4.78, 5) is 34.6. The normalized spacial score (nSPS) is 14.4. The molecule has 11 heteroatoms. The van der Waals surface area contributed by atoms with Crippen LogP contribution in [0.3, 0.4) is 0 Å². The fourth-order valence-electron chi connectivity index (χ4n) is 5.02. The summed E-state index contributed by atoms with van der Waals surface area (Å²) in [5, 5.41) is 18.2. The number of carbonyl (C=O) groups is 2. The van der Waals surface area contributed by atoms with Gasteiger partial charge >= 0.3 is 19.8 Å².